The van der Waals surface area contributed by atoms with Gasteiger partial charge >= 0.3 is 5.97 Å². The number of hydrogen-bond acceptors (Lipinski definition) is 5. The first kappa shape index (κ1) is 13.7. The Labute approximate surface area is 113 Å². The molecule has 0 radical (unpaired) electrons. The van der Waals surface area contributed by atoms with Gasteiger partial charge in [0.2, 0.25) is 0 Å². The van der Waals surface area contributed by atoms with Crippen LogP contribution in [0.25, 0.3) is 0 Å². The van der Waals surface area contributed by atoms with E-state index >= 15 is 0 Å². The highest BCUT2D eigenvalue weighted by Crippen LogP contribution is 2.32. The summed E-state index contributed by atoms with van der Waals surface area (Å²) in [4.78, 5) is 11.5. The van der Waals surface area contributed by atoms with Crippen molar-refractivity contribution in [3.05, 3.63) is 23.8 Å². The second kappa shape index (κ2) is 5.09. The molecule has 1 saturated heterocycles. The van der Waals surface area contributed by atoms with Crippen molar-refractivity contribution in [2.24, 2.45) is 5.41 Å². The molecule has 0 aliphatic carbocycles. The molecular weight excluding hydrogens is 244 g/mol. The zero-order valence-electron chi connectivity index (χ0n) is 11.5. The number of hydrogen-bond donors (Lipinski definition) is 2. The highest BCUT2D eigenvalue weighted by molar-refractivity contribution is 5.92. The van der Waals surface area contributed by atoms with Crippen molar-refractivity contribution in [3.63, 3.8) is 0 Å². The molecule has 5 nitrogen and oxygen atoms in total. The summed E-state index contributed by atoms with van der Waals surface area (Å²) in [6.07, 6.45) is 0. The van der Waals surface area contributed by atoms with Crippen LogP contribution >= 0.6 is 0 Å². The van der Waals surface area contributed by atoms with Gasteiger partial charge in [-0.25, -0.2) is 4.79 Å². The smallest absolute Gasteiger partial charge is 0.337 e. The Kier molecular flexibility index (Phi) is 3.66. The van der Waals surface area contributed by atoms with Crippen molar-refractivity contribution >= 4 is 17.3 Å². The third-order valence-corrected chi connectivity index (χ3v) is 3.51. The lowest BCUT2D eigenvalue weighted by Gasteiger charge is -2.27. The minimum Gasteiger partial charge on any atom is -0.465 e. The molecule has 2 rings (SSSR count). The highest BCUT2D eigenvalue weighted by atomic mass is 16.5. The van der Waals surface area contributed by atoms with Gasteiger partial charge in [0.25, 0.3) is 0 Å². The Balaban J connectivity index is 2.22. The first-order valence-electron chi connectivity index (χ1n) is 6.26. The van der Waals surface area contributed by atoms with Crippen LogP contribution in [-0.4, -0.2) is 32.3 Å². The molecule has 1 aliphatic heterocycles. The molecule has 0 aromatic heterocycles. The van der Waals surface area contributed by atoms with Gasteiger partial charge in [0.05, 0.1) is 43.3 Å². The van der Waals surface area contributed by atoms with E-state index in [1.807, 2.05) is 0 Å². The second-order valence-electron chi connectivity index (χ2n) is 5.49. The first-order chi connectivity index (χ1) is 8.94. The first-order valence-corrected chi connectivity index (χ1v) is 6.26. The molecule has 19 heavy (non-hydrogen) atoms. The highest BCUT2D eigenvalue weighted by Gasteiger charge is 2.35. The zero-order valence-corrected chi connectivity index (χ0v) is 11.5. The number of anilines is 2. The maximum absolute atomic E-state index is 11.5. The molecule has 104 valence electrons. The van der Waals surface area contributed by atoms with Crippen LogP contribution in [0.15, 0.2) is 18.2 Å². The van der Waals surface area contributed by atoms with Crippen LogP contribution in [0.2, 0.25) is 0 Å². The number of benzene rings is 1. The molecule has 0 bridgehead atoms. The van der Waals surface area contributed by atoms with Gasteiger partial charge < -0.3 is 20.5 Å². The van der Waals surface area contributed by atoms with Crippen LogP contribution < -0.4 is 11.1 Å². The van der Waals surface area contributed by atoms with Crippen molar-refractivity contribution in [1.29, 1.82) is 0 Å². The standard InChI is InChI=1S/C14H20N2O3/c1-14(2)8-19-7-12(14)16-11-6-9(13(17)18-3)4-5-10(11)15/h4-6,12,16H,7-8,15H2,1-3H3/t12-/m1/s1. The Morgan fingerprint density at radius 2 is 2.26 bits per heavy atom. The van der Waals surface area contributed by atoms with Crippen LogP contribution in [-0.2, 0) is 9.47 Å². The van der Waals surface area contributed by atoms with Crippen molar-refractivity contribution < 1.29 is 14.3 Å². The molecule has 5 heteroatoms. The van der Waals surface area contributed by atoms with Gasteiger partial charge in [-0.3, -0.25) is 0 Å². The number of rotatable bonds is 3. The maximum atomic E-state index is 11.5. The lowest BCUT2D eigenvalue weighted by molar-refractivity contribution is 0.0601. The van der Waals surface area contributed by atoms with Crippen molar-refractivity contribution in [2.75, 3.05) is 31.4 Å². The topological polar surface area (TPSA) is 73.6 Å². The van der Waals surface area contributed by atoms with E-state index in [-0.39, 0.29) is 17.4 Å². The minimum atomic E-state index is -0.370. The third kappa shape index (κ3) is 2.81. The molecule has 1 heterocycles. The van der Waals surface area contributed by atoms with Crippen LogP contribution in [0.1, 0.15) is 24.2 Å². The second-order valence-corrected chi connectivity index (χ2v) is 5.49. The third-order valence-electron chi connectivity index (χ3n) is 3.51. The number of nitrogens with two attached hydrogens (primary N) is 1. The molecule has 0 saturated carbocycles. The van der Waals surface area contributed by atoms with Gasteiger partial charge in [-0.2, -0.15) is 0 Å². The van der Waals surface area contributed by atoms with Gasteiger partial charge in [0.1, 0.15) is 0 Å². The lowest BCUT2D eigenvalue weighted by Crippen LogP contribution is -2.34. The zero-order chi connectivity index (χ0) is 14.0. The summed E-state index contributed by atoms with van der Waals surface area (Å²) in [6, 6.07) is 5.25. The van der Waals surface area contributed by atoms with Crippen molar-refractivity contribution in [2.45, 2.75) is 19.9 Å². The number of carbonyl (C=O) groups is 1. The Bertz CT molecular complexity index is 486. The van der Waals surface area contributed by atoms with E-state index in [2.05, 4.69) is 19.2 Å². The number of nitrogens with one attached hydrogen (secondary N) is 1. The quantitative estimate of drug-likeness (QED) is 0.644. The van der Waals surface area contributed by atoms with E-state index in [0.717, 1.165) is 5.69 Å². The number of esters is 1. The van der Waals surface area contributed by atoms with Crippen LogP contribution in [0.5, 0.6) is 0 Å². The summed E-state index contributed by atoms with van der Waals surface area (Å²) >= 11 is 0. The number of nitrogen functional groups attached to an aromatic ring is 1. The van der Waals surface area contributed by atoms with E-state index in [9.17, 15) is 4.79 Å². The minimum absolute atomic E-state index is 0.0354. The Morgan fingerprint density at radius 3 is 2.84 bits per heavy atom. The Morgan fingerprint density at radius 1 is 1.53 bits per heavy atom. The van der Waals surface area contributed by atoms with E-state index in [1.165, 1.54) is 7.11 Å². The summed E-state index contributed by atoms with van der Waals surface area (Å²) in [5.41, 5.74) is 7.81. The molecule has 1 aliphatic rings. The fraction of sp³-hybridized carbons (Fsp3) is 0.500. The molecule has 1 aromatic carbocycles. The predicted octanol–water partition coefficient (Wildman–Crippen LogP) is 1.89. The van der Waals surface area contributed by atoms with Crippen molar-refractivity contribution in [1.82, 2.24) is 0 Å². The van der Waals surface area contributed by atoms with Gasteiger partial charge in [0.15, 0.2) is 0 Å². The predicted molar refractivity (Wildman–Crippen MR) is 74.2 cm³/mol. The molecule has 1 fully saturated rings. The summed E-state index contributed by atoms with van der Waals surface area (Å²) in [5, 5.41) is 3.36. The summed E-state index contributed by atoms with van der Waals surface area (Å²) in [6.45, 7) is 5.62. The Hall–Kier alpha value is -1.75. The summed E-state index contributed by atoms with van der Waals surface area (Å²) in [7, 11) is 1.36. The lowest BCUT2D eigenvalue weighted by atomic mass is 9.87. The van der Waals surface area contributed by atoms with Gasteiger partial charge in [-0.15, -0.1) is 0 Å². The average molecular weight is 264 g/mol. The number of carbonyl (C=O) groups excluding carboxylic acids is 1. The van der Waals surface area contributed by atoms with E-state index in [1.54, 1.807) is 18.2 Å². The van der Waals surface area contributed by atoms with Gasteiger partial charge in [-0.1, -0.05) is 13.8 Å². The molecule has 3 N–H and O–H groups in total. The van der Waals surface area contributed by atoms with Crippen LogP contribution in [0.4, 0.5) is 11.4 Å². The SMILES string of the molecule is COC(=O)c1ccc(N)c(N[C@@H]2COCC2(C)C)c1. The average Bonchev–Trinajstić information content (AvgIpc) is 2.70. The van der Waals surface area contributed by atoms with Crippen LogP contribution in [0.3, 0.4) is 0 Å². The van der Waals surface area contributed by atoms with E-state index < -0.39 is 0 Å². The molecule has 1 atom stereocenters. The maximum Gasteiger partial charge on any atom is 0.337 e. The van der Waals surface area contributed by atoms with Gasteiger partial charge in [0, 0.05) is 5.41 Å². The largest absolute Gasteiger partial charge is 0.465 e. The molecule has 0 amide bonds. The van der Waals surface area contributed by atoms with Crippen molar-refractivity contribution in [3.8, 4) is 0 Å². The fourth-order valence-corrected chi connectivity index (χ4v) is 2.12. The number of ether oxygens (including phenoxy) is 2. The van der Waals surface area contributed by atoms with E-state index in [0.29, 0.717) is 24.5 Å². The van der Waals surface area contributed by atoms with Crippen LogP contribution in [0, 0.1) is 5.41 Å². The summed E-state index contributed by atoms with van der Waals surface area (Å²) in [5.74, 6) is -0.370. The number of methoxy groups -OCH3 is 1. The molecule has 0 spiro atoms. The van der Waals surface area contributed by atoms with E-state index in [4.69, 9.17) is 15.2 Å². The molecule has 0 unspecified atom stereocenters. The summed E-state index contributed by atoms with van der Waals surface area (Å²) < 4.78 is 10.2. The van der Waals surface area contributed by atoms with Gasteiger partial charge in [-0.05, 0) is 18.2 Å². The molecule has 1 aromatic rings. The fourth-order valence-electron chi connectivity index (χ4n) is 2.12. The molecular formula is C14H20N2O3. The monoisotopic (exact) mass is 264 g/mol. The normalized spacial score (nSPS) is 21.1.